The average Bonchev–Trinajstić information content (AvgIpc) is 2.52. The summed E-state index contributed by atoms with van der Waals surface area (Å²) in [6.45, 7) is 9.02. The minimum absolute atomic E-state index is 0.0735. The molecule has 0 radical (unpaired) electrons. The molecule has 1 atom stereocenters. The molecule has 0 aromatic heterocycles. The largest absolute Gasteiger partial charge is 0.347 e. The quantitative estimate of drug-likeness (QED) is 0.628. The van der Waals surface area contributed by atoms with Gasteiger partial charge in [0.25, 0.3) is 0 Å². The molecule has 0 amide bonds. The van der Waals surface area contributed by atoms with Crippen molar-refractivity contribution >= 4 is 6.29 Å². The first-order valence-electron chi connectivity index (χ1n) is 4.67. The Hall–Kier alpha value is -0.410. The summed E-state index contributed by atoms with van der Waals surface area (Å²) in [5.74, 6) is -0.691. The zero-order chi connectivity index (χ0) is 10.1. The van der Waals surface area contributed by atoms with E-state index in [1.54, 1.807) is 0 Å². The van der Waals surface area contributed by atoms with Gasteiger partial charge < -0.3 is 14.3 Å². The molecule has 0 bridgehead atoms. The maximum absolute atomic E-state index is 10.7. The smallest absolute Gasteiger partial charge is 0.171 e. The third kappa shape index (κ3) is 1.63. The number of aldehydes is 1. The molecule has 1 rings (SSSR count). The topological polar surface area (TPSA) is 35.5 Å². The second-order valence-electron chi connectivity index (χ2n) is 4.29. The van der Waals surface area contributed by atoms with Gasteiger partial charge in [-0.3, -0.25) is 0 Å². The number of ether oxygens (including phenoxy) is 2. The fraction of sp³-hybridized carbons (Fsp3) is 0.900. The number of hydrogen-bond acceptors (Lipinski definition) is 3. The summed E-state index contributed by atoms with van der Waals surface area (Å²) in [5, 5.41) is 0. The van der Waals surface area contributed by atoms with E-state index < -0.39 is 5.79 Å². The van der Waals surface area contributed by atoms with Crippen LogP contribution >= 0.6 is 0 Å². The Bertz CT molecular complexity index is 192. The fourth-order valence-electron chi connectivity index (χ4n) is 1.47. The second kappa shape index (κ2) is 3.39. The summed E-state index contributed by atoms with van der Waals surface area (Å²) in [5.41, 5.74) is -0.286. The zero-order valence-corrected chi connectivity index (χ0v) is 8.79. The Morgan fingerprint density at radius 2 is 1.85 bits per heavy atom. The molecule has 13 heavy (non-hydrogen) atoms. The molecule has 1 fully saturated rings. The van der Waals surface area contributed by atoms with E-state index in [1.165, 1.54) is 0 Å². The van der Waals surface area contributed by atoms with Crippen molar-refractivity contribution in [3.8, 4) is 0 Å². The summed E-state index contributed by atoms with van der Waals surface area (Å²) < 4.78 is 11.1. The summed E-state index contributed by atoms with van der Waals surface area (Å²) in [7, 11) is 0. The van der Waals surface area contributed by atoms with E-state index in [1.807, 2.05) is 27.7 Å². The minimum atomic E-state index is -0.618. The van der Waals surface area contributed by atoms with Gasteiger partial charge in [-0.1, -0.05) is 20.8 Å². The van der Waals surface area contributed by atoms with Crippen LogP contribution in [0.2, 0.25) is 0 Å². The van der Waals surface area contributed by atoms with E-state index in [4.69, 9.17) is 9.47 Å². The van der Waals surface area contributed by atoms with Crippen LogP contribution in [-0.4, -0.2) is 25.3 Å². The van der Waals surface area contributed by atoms with Gasteiger partial charge in [-0.25, -0.2) is 0 Å². The molecule has 3 nitrogen and oxygen atoms in total. The normalized spacial score (nSPS) is 24.3. The molecule has 1 saturated heterocycles. The molecular formula is C10H18O3. The lowest BCUT2D eigenvalue weighted by Gasteiger charge is -2.41. The molecule has 0 aliphatic carbocycles. The van der Waals surface area contributed by atoms with Crippen molar-refractivity contribution in [1.82, 2.24) is 0 Å². The first kappa shape index (κ1) is 10.7. The maximum Gasteiger partial charge on any atom is 0.171 e. The van der Waals surface area contributed by atoms with E-state index in [0.717, 1.165) is 6.29 Å². The van der Waals surface area contributed by atoms with Gasteiger partial charge in [-0.05, 0) is 6.92 Å². The molecule has 1 unspecified atom stereocenters. The summed E-state index contributed by atoms with van der Waals surface area (Å²) >= 11 is 0. The molecule has 0 aromatic carbocycles. The highest BCUT2D eigenvalue weighted by Gasteiger charge is 2.49. The van der Waals surface area contributed by atoms with E-state index in [2.05, 4.69) is 0 Å². The molecule has 0 aromatic rings. The van der Waals surface area contributed by atoms with Crippen LogP contribution < -0.4 is 0 Å². The summed E-state index contributed by atoms with van der Waals surface area (Å²) in [4.78, 5) is 10.7. The Balaban J connectivity index is 2.83. The van der Waals surface area contributed by atoms with Gasteiger partial charge in [0.15, 0.2) is 5.79 Å². The van der Waals surface area contributed by atoms with Crippen molar-refractivity contribution in [3.05, 3.63) is 0 Å². The van der Waals surface area contributed by atoms with Crippen LogP contribution in [-0.2, 0) is 14.3 Å². The second-order valence-corrected chi connectivity index (χ2v) is 4.29. The van der Waals surface area contributed by atoms with Gasteiger partial charge >= 0.3 is 0 Å². The third-order valence-corrected chi connectivity index (χ3v) is 3.35. The van der Waals surface area contributed by atoms with Crippen LogP contribution in [0.25, 0.3) is 0 Å². The van der Waals surface area contributed by atoms with Gasteiger partial charge in [0.2, 0.25) is 0 Å². The van der Waals surface area contributed by atoms with Gasteiger partial charge in [-0.15, -0.1) is 0 Å². The molecule has 1 heterocycles. The fourth-order valence-corrected chi connectivity index (χ4v) is 1.47. The Morgan fingerprint density at radius 3 is 2.23 bits per heavy atom. The van der Waals surface area contributed by atoms with Crippen molar-refractivity contribution in [3.63, 3.8) is 0 Å². The monoisotopic (exact) mass is 186 g/mol. The van der Waals surface area contributed by atoms with E-state index in [-0.39, 0.29) is 11.3 Å². The third-order valence-electron chi connectivity index (χ3n) is 3.35. The lowest BCUT2D eigenvalue weighted by molar-refractivity contribution is -0.226. The molecule has 0 spiro atoms. The van der Waals surface area contributed by atoms with Crippen LogP contribution in [0.4, 0.5) is 0 Å². The Labute approximate surface area is 79.4 Å². The van der Waals surface area contributed by atoms with Gasteiger partial charge in [-0.2, -0.15) is 0 Å². The molecule has 0 N–H and O–H groups in total. The maximum atomic E-state index is 10.7. The Kier molecular flexibility index (Phi) is 2.78. The lowest BCUT2D eigenvalue weighted by atomic mass is 9.74. The zero-order valence-electron chi connectivity index (χ0n) is 8.79. The number of carbonyl (C=O) groups is 1. The average molecular weight is 186 g/mol. The van der Waals surface area contributed by atoms with Gasteiger partial charge in [0.1, 0.15) is 6.29 Å². The van der Waals surface area contributed by atoms with Crippen molar-refractivity contribution in [2.24, 2.45) is 11.3 Å². The van der Waals surface area contributed by atoms with Crippen molar-refractivity contribution in [1.29, 1.82) is 0 Å². The summed E-state index contributed by atoms with van der Waals surface area (Å²) in [6.07, 6.45) is 0.955. The standard InChI is InChI=1S/C10H18O3/c1-8(7-11)9(2,3)10(4)12-5-6-13-10/h7-8H,5-6H2,1-4H3. The van der Waals surface area contributed by atoms with Crippen LogP contribution in [0.15, 0.2) is 0 Å². The van der Waals surface area contributed by atoms with Crippen LogP contribution in [0, 0.1) is 11.3 Å². The predicted molar refractivity (Wildman–Crippen MR) is 49.3 cm³/mol. The summed E-state index contributed by atoms with van der Waals surface area (Å²) in [6, 6.07) is 0. The molecular weight excluding hydrogens is 168 g/mol. The molecule has 0 saturated carbocycles. The SMILES string of the molecule is CC(C=O)C(C)(C)C1(C)OCCO1. The highest BCUT2D eigenvalue weighted by molar-refractivity contribution is 5.54. The highest BCUT2D eigenvalue weighted by atomic mass is 16.7. The first-order chi connectivity index (χ1) is 5.94. The van der Waals surface area contributed by atoms with Crippen molar-refractivity contribution in [2.45, 2.75) is 33.5 Å². The molecule has 1 aliphatic heterocycles. The van der Waals surface area contributed by atoms with Crippen LogP contribution in [0.1, 0.15) is 27.7 Å². The number of rotatable bonds is 3. The minimum Gasteiger partial charge on any atom is -0.347 e. The van der Waals surface area contributed by atoms with E-state index in [0.29, 0.717) is 13.2 Å². The predicted octanol–water partition coefficient (Wildman–Crippen LogP) is 1.61. The number of carbonyl (C=O) groups excluding carboxylic acids is 1. The van der Waals surface area contributed by atoms with Crippen molar-refractivity contribution < 1.29 is 14.3 Å². The Morgan fingerprint density at radius 1 is 1.38 bits per heavy atom. The lowest BCUT2D eigenvalue weighted by Crippen LogP contribution is -2.47. The molecule has 76 valence electrons. The molecule has 1 aliphatic rings. The van der Waals surface area contributed by atoms with Crippen LogP contribution in [0.5, 0.6) is 0 Å². The first-order valence-corrected chi connectivity index (χ1v) is 4.67. The number of hydrogen-bond donors (Lipinski definition) is 0. The van der Waals surface area contributed by atoms with E-state index >= 15 is 0 Å². The highest BCUT2D eigenvalue weighted by Crippen LogP contribution is 2.42. The van der Waals surface area contributed by atoms with Crippen LogP contribution in [0.3, 0.4) is 0 Å². The van der Waals surface area contributed by atoms with Gasteiger partial charge in [0, 0.05) is 11.3 Å². The van der Waals surface area contributed by atoms with Crippen molar-refractivity contribution in [2.75, 3.05) is 13.2 Å². The molecule has 3 heteroatoms. The van der Waals surface area contributed by atoms with E-state index in [9.17, 15) is 4.79 Å². The van der Waals surface area contributed by atoms with Gasteiger partial charge in [0.05, 0.1) is 13.2 Å².